The molecule has 22 heavy (non-hydrogen) atoms. The van der Waals surface area contributed by atoms with Crippen molar-refractivity contribution in [3.63, 3.8) is 0 Å². The zero-order valence-electron chi connectivity index (χ0n) is 13.5. The SMILES string of the molecule is CC(C)CN1CCN(Cc2ccc(C(=O)O)cc2)C(C)C1=O. The number of amides is 1. The molecule has 2 rings (SSSR count). The van der Waals surface area contributed by atoms with Crippen LogP contribution in [0.2, 0.25) is 0 Å². The van der Waals surface area contributed by atoms with Crippen LogP contribution in [-0.4, -0.2) is 52.5 Å². The van der Waals surface area contributed by atoms with Crippen LogP contribution in [0.5, 0.6) is 0 Å². The summed E-state index contributed by atoms with van der Waals surface area (Å²) in [4.78, 5) is 27.4. The van der Waals surface area contributed by atoms with Gasteiger partial charge in [-0.15, -0.1) is 0 Å². The molecule has 0 saturated carbocycles. The molecule has 1 N–H and O–H groups in total. The molecule has 1 unspecified atom stereocenters. The zero-order chi connectivity index (χ0) is 16.3. The van der Waals surface area contributed by atoms with E-state index in [-0.39, 0.29) is 17.5 Å². The molecule has 1 aliphatic rings. The Hall–Kier alpha value is -1.88. The molecule has 1 fully saturated rings. The fraction of sp³-hybridized carbons (Fsp3) is 0.529. The van der Waals surface area contributed by atoms with E-state index in [4.69, 9.17) is 5.11 Å². The van der Waals surface area contributed by atoms with Crippen LogP contribution in [0.1, 0.15) is 36.7 Å². The van der Waals surface area contributed by atoms with E-state index >= 15 is 0 Å². The van der Waals surface area contributed by atoms with Crippen LogP contribution < -0.4 is 0 Å². The average molecular weight is 304 g/mol. The summed E-state index contributed by atoms with van der Waals surface area (Å²) in [6.07, 6.45) is 0. The van der Waals surface area contributed by atoms with Gasteiger partial charge in [0.05, 0.1) is 11.6 Å². The first-order valence-corrected chi connectivity index (χ1v) is 7.73. The highest BCUT2D eigenvalue weighted by atomic mass is 16.4. The molecule has 120 valence electrons. The third kappa shape index (κ3) is 3.85. The summed E-state index contributed by atoms with van der Waals surface area (Å²) in [5.74, 6) is -0.259. The Morgan fingerprint density at radius 2 is 1.91 bits per heavy atom. The van der Waals surface area contributed by atoms with Gasteiger partial charge in [0.15, 0.2) is 0 Å². The molecule has 1 aromatic carbocycles. The number of hydrogen-bond donors (Lipinski definition) is 1. The quantitative estimate of drug-likeness (QED) is 0.904. The highest BCUT2D eigenvalue weighted by Gasteiger charge is 2.31. The van der Waals surface area contributed by atoms with Gasteiger partial charge in [-0.05, 0) is 30.5 Å². The first-order valence-electron chi connectivity index (χ1n) is 7.73. The van der Waals surface area contributed by atoms with Crippen molar-refractivity contribution in [2.24, 2.45) is 5.92 Å². The number of hydrogen-bond acceptors (Lipinski definition) is 3. The van der Waals surface area contributed by atoms with Crippen molar-refractivity contribution >= 4 is 11.9 Å². The third-order valence-corrected chi connectivity index (χ3v) is 4.05. The van der Waals surface area contributed by atoms with Crippen LogP contribution in [0.3, 0.4) is 0 Å². The lowest BCUT2D eigenvalue weighted by Crippen LogP contribution is -2.56. The van der Waals surface area contributed by atoms with Gasteiger partial charge in [0.1, 0.15) is 0 Å². The minimum atomic E-state index is -0.919. The van der Waals surface area contributed by atoms with Crippen LogP contribution in [0.25, 0.3) is 0 Å². The molecule has 0 bridgehead atoms. The maximum atomic E-state index is 12.4. The topological polar surface area (TPSA) is 60.9 Å². The summed E-state index contributed by atoms with van der Waals surface area (Å²) < 4.78 is 0. The van der Waals surface area contributed by atoms with Crippen LogP contribution in [-0.2, 0) is 11.3 Å². The van der Waals surface area contributed by atoms with Gasteiger partial charge in [-0.3, -0.25) is 9.69 Å². The molecule has 1 atom stereocenters. The molecule has 1 saturated heterocycles. The second-order valence-electron chi connectivity index (χ2n) is 6.33. The van der Waals surface area contributed by atoms with Gasteiger partial charge >= 0.3 is 5.97 Å². The Labute approximate surface area is 131 Å². The predicted molar refractivity (Wildman–Crippen MR) is 84.7 cm³/mol. The van der Waals surface area contributed by atoms with Gasteiger partial charge in [0, 0.05) is 26.2 Å². The summed E-state index contributed by atoms with van der Waals surface area (Å²) in [6.45, 7) is 9.27. The number of piperazine rings is 1. The Balaban J connectivity index is 1.99. The van der Waals surface area contributed by atoms with Gasteiger partial charge in [-0.2, -0.15) is 0 Å². The van der Waals surface area contributed by atoms with Gasteiger partial charge in [-0.1, -0.05) is 26.0 Å². The molecule has 5 nitrogen and oxygen atoms in total. The number of rotatable bonds is 5. The van der Waals surface area contributed by atoms with Gasteiger partial charge < -0.3 is 10.0 Å². The monoisotopic (exact) mass is 304 g/mol. The van der Waals surface area contributed by atoms with Crippen LogP contribution >= 0.6 is 0 Å². The summed E-state index contributed by atoms with van der Waals surface area (Å²) in [6, 6.07) is 6.73. The summed E-state index contributed by atoms with van der Waals surface area (Å²) in [5.41, 5.74) is 1.32. The fourth-order valence-corrected chi connectivity index (χ4v) is 2.80. The summed E-state index contributed by atoms with van der Waals surface area (Å²) in [7, 11) is 0. The molecule has 0 radical (unpaired) electrons. The van der Waals surface area contributed by atoms with E-state index in [9.17, 15) is 9.59 Å². The minimum absolute atomic E-state index is 0.133. The molecule has 1 amide bonds. The maximum absolute atomic E-state index is 12.4. The second-order valence-corrected chi connectivity index (χ2v) is 6.33. The van der Waals surface area contributed by atoms with Gasteiger partial charge in [0.2, 0.25) is 5.91 Å². The van der Waals surface area contributed by atoms with E-state index < -0.39 is 5.97 Å². The van der Waals surface area contributed by atoms with E-state index in [2.05, 4.69) is 18.7 Å². The van der Waals surface area contributed by atoms with Crippen LogP contribution in [0.4, 0.5) is 0 Å². The molecular formula is C17H24N2O3. The van der Waals surface area contributed by atoms with Gasteiger partial charge in [-0.25, -0.2) is 4.79 Å². The number of nitrogens with zero attached hydrogens (tertiary/aromatic N) is 2. The molecule has 0 aromatic heterocycles. The third-order valence-electron chi connectivity index (χ3n) is 4.05. The fourth-order valence-electron chi connectivity index (χ4n) is 2.80. The second kappa shape index (κ2) is 6.92. The molecule has 1 aliphatic heterocycles. The summed E-state index contributed by atoms with van der Waals surface area (Å²) >= 11 is 0. The van der Waals surface area contributed by atoms with E-state index in [0.29, 0.717) is 12.5 Å². The molecule has 1 heterocycles. The minimum Gasteiger partial charge on any atom is -0.478 e. The zero-order valence-corrected chi connectivity index (χ0v) is 13.5. The number of benzene rings is 1. The lowest BCUT2D eigenvalue weighted by atomic mass is 10.1. The average Bonchev–Trinajstić information content (AvgIpc) is 2.47. The predicted octanol–water partition coefficient (Wildman–Crippen LogP) is 2.07. The first kappa shape index (κ1) is 16.5. The van der Waals surface area contributed by atoms with Crippen molar-refractivity contribution in [3.05, 3.63) is 35.4 Å². The van der Waals surface area contributed by atoms with Gasteiger partial charge in [0.25, 0.3) is 0 Å². The molecule has 0 spiro atoms. The highest BCUT2D eigenvalue weighted by Crippen LogP contribution is 2.16. The summed E-state index contributed by atoms with van der Waals surface area (Å²) in [5, 5.41) is 8.91. The lowest BCUT2D eigenvalue weighted by Gasteiger charge is -2.39. The molecule has 1 aromatic rings. The van der Waals surface area contributed by atoms with Crippen molar-refractivity contribution in [2.75, 3.05) is 19.6 Å². The van der Waals surface area contributed by atoms with Crippen molar-refractivity contribution in [1.29, 1.82) is 0 Å². The number of aromatic carboxylic acids is 1. The van der Waals surface area contributed by atoms with Crippen LogP contribution in [0.15, 0.2) is 24.3 Å². The molecule has 5 heteroatoms. The van der Waals surface area contributed by atoms with E-state index in [0.717, 1.165) is 25.2 Å². The normalized spacial score (nSPS) is 19.7. The number of carboxylic acid groups (broad SMARTS) is 1. The Bertz CT molecular complexity index is 539. The van der Waals surface area contributed by atoms with E-state index in [1.807, 2.05) is 24.0 Å². The largest absolute Gasteiger partial charge is 0.478 e. The maximum Gasteiger partial charge on any atom is 0.335 e. The Kier molecular flexibility index (Phi) is 5.19. The van der Waals surface area contributed by atoms with Crippen molar-refractivity contribution in [2.45, 2.75) is 33.4 Å². The number of carboxylic acids is 1. The van der Waals surface area contributed by atoms with Crippen molar-refractivity contribution < 1.29 is 14.7 Å². The Morgan fingerprint density at radius 1 is 1.27 bits per heavy atom. The van der Waals surface area contributed by atoms with Crippen molar-refractivity contribution in [3.8, 4) is 0 Å². The molecular weight excluding hydrogens is 280 g/mol. The smallest absolute Gasteiger partial charge is 0.335 e. The van der Waals surface area contributed by atoms with E-state index in [1.54, 1.807) is 12.1 Å². The van der Waals surface area contributed by atoms with Crippen LogP contribution in [0, 0.1) is 5.92 Å². The number of carbonyl (C=O) groups excluding carboxylic acids is 1. The Morgan fingerprint density at radius 3 is 2.45 bits per heavy atom. The number of carbonyl (C=O) groups is 2. The first-order chi connectivity index (χ1) is 10.4. The molecule has 0 aliphatic carbocycles. The lowest BCUT2D eigenvalue weighted by molar-refractivity contribution is -0.141. The van der Waals surface area contributed by atoms with E-state index in [1.165, 1.54) is 0 Å². The van der Waals surface area contributed by atoms with Crippen molar-refractivity contribution in [1.82, 2.24) is 9.80 Å². The standard InChI is InChI=1S/C17H24N2O3/c1-12(2)10-19-9-8-18(13(3)16(19)20)11-14-4-6-15(7-5-14)17(21)22/h4-7,12-13H,8-11H2,1-3H3,(H,21,22). The highest BCUT2D eigenvalue weighted by molar-refractivity contribution is 5.87.